The number of amides is 3. The van der Waals surface area contributed by atoms with Gasteiger partial charge in [0, 0.05) is 80.3 Å². The Kier molecular flexibility index (Phi) is 22.3. The third-order valence-electron chi connectivity index (χ3n) is 8.65. The summed E-state index contributed by atoms with van der Waals surface area (Å²) in [5.74, 6) is -5.30. The van der Waals surface area contributed by atoms with E-state index in [1.807, 2.05) is 18.2 Å². The molecule has 2 heterocycles. The number of anilines is 1. The van der Waals surface area contributed by atoms with E-state index in [1.165, 1.54) is 38.8 Å². The van der Waals surface area contributed by atoms with Crippen molar-refractivity contribution in [3.63, 3.8) is 0 Å². The molecule has 3 aromatic rings. The molecule has 22 heteroatoms. The van der Waals surface area contributed by atoms with Gasteiger partial charge in [0.2, 0.25) is 17.7 Å². The highest BCUT2D eigenvalue weighted by Crippen LogP contribution is 2.29. The molecule has 0 spiro atoms. The molecule has 332 valence electrons. The molecule has 7 N–H and O–H groups in total. The van der Waals surface area contributed by atoms with E-state index >= 15 is 0 Å². The number of hydrogen-bond donors (Lipinski definition) is 7. The third-order valence-corrected chi connectivity index (χ3v) is 10.9. The van der Waals surface area contributed by atoms with Crippen LogP contribution in [0.15, 0.2) is 62.9 Å². The number of carboxylic acid groups (broad SMARTS) is 4. The van der Waals surface area contributed by atoms with Gasteiger partial charge < -0.3 is 40.8 Å². The molecule has 3 rings (SSSR count). The lowest BCUT2D eigenvalue weighted by molar-refractivity contribution is -0.143. The van der Waals surface area contributed by atoms with Crippen molar-refractivity contribution in [1.82, 2.24) is 30.3 Å². The molecule has 61 heavy (non-hydrogen) atoms. The van der Waals surface area contributed by atoms with Gasteiger partial charge >= 0.3 is 29.5 Å². The van der Waals surface area contributed by atoms with Crippen LogP contribution in [-0.4, -0.2) is 159 Å². The fourth-order valence-electron chi connectivity index (χ4n) is 5.80. The number of aliphatic carboxylic acids is 4. The molecule has 0 atom stereocenters. The Morgan fingerprint density at radius 1 is 0.656 bits per heavy atom. The Labute approximate surface area is 358 Å². The van der Waals surface area contributed by atoms with Crippen molar-refractivity contribution < 1.29 is 58.4 Å². The smallest absolute Gasteiger partial charge is 0.339 e. The van der Waals surface area contributed by atoms with Crippen LogP contribution in [0.3, 0.4) is 0 Å². The summed E-state index contributed by atoms with van der Waals surface area (Å²) >= 11 is 0. The third kappa shape index (κ3) is 21.5. The van der Waals surface area contributed by atoms with Crippen molar-refractivity contribution in [1.29, 1.82) is 0 Å². The topological polar surface area (TPSA) is 289 Å². The van der Waals surface area contributed by atoms with Gasteiger partial charge in [-0.2, -0.15) is 0 Å². The second-order valence-electron chi connectivity index (χ2n) is 13.7. The first kappa shape index (κ1) is 49.8. The number of aromatic nitrogens is 1. The molecule has 2 aromatic heterocycles. The van der Waals surface area contributed by atoms with Gasteiger partial charge in [-0.3, -0.25) is 48.3 Å². The molecule has 0 saturated heterocycles. The average Bonchev–Trinajstić information content (AvgIpc) is 3.18. The van der Waals surface area contributed by atoms with Crippen molar-refractivity contribution in [2.24, 2.45) is 0 Å². The molecule has 0 fully saturated rings. The van der Waals surface area contributed by atoms with E-state index in [1.54, 1.807) is 23.1 Å². The van der Waals surface area contributed by atoms with Gasteiger partial charge in [-0.25, -0.2) is 9.78 Å². The van der Waals surface area contributed by atoms with E-state index in [0.29, 0.717) is 30.6 Å². The molecule has 0 bridgehead atoms. The summed E-state index contributed by atoms with van der Waals surface area (Å²) in [5, 5.41) is 46.7. The lowest BCUT2D eigenvalue weighted by atomic mass is 10.1. The van der Waals surface area contributed by atoms with Gasteiger partial charge in [-0.1, -0.05) is 29.7 Å². The van der Waals surface area contributed by atoms with Crippen molar-refractivity contribution in [3.8, 4) is 0 Å². The van der Waals surface area contributed by atoms with E-state index < -0.39 is 68.1 Å². The zero-order chi connectivity index (χ0) is 44.6. The van der Waals surface area contributed by atoms with Crippen LogP contribution in [0.25, 0.3) is 11.0 Å². The van der Waals surface area contributed by atoms with Crippen LogP contribution >= 0.6 is 21.6 Å². The Morgan fingerprint density at radius 3 is 1.82 bits per heavy atom. The van der Waals surface area contributed by atoms with Gasteiger partial charge in [0.05, 0.1) is 39.1 Å². The van der Waals surface area contributed by atoms with Gasteiger partial charge in [0.15, 0.2) is 0 Å². The normalized spacial score (nSPS) is 11.2. The highest BCUT2D eigenvalue weighted by atomic mass is 33.1. The lowest BCUT2D eigenvalue weighted by Crippen LogP contribution is -2.46. The molecular weight excluding hydrogens is 839 g/mol. The van der Waals surface area contributed by atoms with E-state index in [9.17, 15) is 48.6 Å². The number of hydrogen-bond acceptors (Lipinski definition) is 15. The summed E-state index contributed by atoms with van der Waals surface area (Å²) in [5.41, 5.74) is -0.220. The summed E-state index contributed by atoms with van der Waals surface area (Å²) < 4.78 is 5.44. The Hall–Kier alpha value is -5.55. The van der Waals surface area contributed by atoms with Crippen LogP contribution in [0.4, 0.5) is 5.69 Å². The zero-order valence-electron chi connectivity index (χ0n) is 33.4. The number of nitrogens with zero attached hydrogens (tertiary/aromatic N) is 4. The minimum absolute atomic E-state index is 0.00359. The zero-order valence-corrected chi connectivity index (χ0v) is 35.0. The van der Waals surface area contributed by atoms with Gasteiger partial charge in [-0.05, 0) is 54.0 Å². The summed E-state index contributed by atoms with van der Waals surface area (Å²) in [6.07, 6.45) is 5.22. The minimum Gasteiger partial charge on any atom is -0.480 e. The first-order valence-electron chi connectivity index (χ1n) is 19.3. The van der Waals surface area contributed by atoms with Crippen LogP contribution in [-0.2, 0) is 40.0 Å². The fourth-order valence-corrected chi connectivity index (χ4v) is 7.67. The maximum absolute atomic E-state index is 13.0. The van der Waals surface area contributed by atoms with Crippen molar-refractivity contribution in [2.45, 2.75) is 43.6 Å². The molecule has 20 nitrogen and oxygen atoms in total. The number of carbonyl (C=O) groups is 7. The summed E-state index contributed by atoms with van der Waals surface area (Å²) in [6.45, 7) is -1.93. The van der Waals surface area contributed by atoms with Crippen molar-refractivity contribution >= 4 is 79.8 Å². The Bertz CT molecular complexity index is 1990. The van der Waals surface area contributed by atoms with Crippen LogP contribution in [0.2, 0.25) is 0 Å². The van der Waals surface area contributed by atoms with Gasteiger partial charge in [-0.15, -0.1) is 0 Å². The van der Waals surface area contributed by atoms with Gasteiger partial charge in [0.1, 0.15) is 10.6 Å². The Balaban J connectivity index is 1.40. The summed E-state index contributed by atoms with van der Waals surface area (Å²) in [6, 6.07) is 11.7. The standard InChI is InChI=1S/C39H51N7O13S2/c47-31(10-18-60-61-34-7-3-6-13-42-34)40-11-4-1-2-5-12-41-32(48)20-28-19-27-8-9-29(21-30(27)59-39(28)58)43-33(49)22-45(24-36(52)53)16-14-44(23-35(50)51)15-17-46(25-37(54)55)26-38(56)57/h3,6-9,13,19,21H,1-2,4-5,10-12,14-18,20,22-26H2,(H,40,47)(H,41,48)(H,43,49)(H,50,51)(H,52,53)(H,54,55)(H,56,57). The number of unbranched alkanes of at least 4 members (excludes halogenated alkanes) is 3. The minimum atomic E-state index is -1.27. The number of pyridine rings is 1. The Morgan fingerprint density at radius 2 is 1.23 bits per heavy atom. The van der Waals surface area contributed by atoms with Crippen LogP contribution in [0.5, 0.6) is 0 Å². The lowest BCUT2D eigenvalue weighted by Gasteiger charge is -2.27. The van der Waals surface area contributed by atoms with Crippen LogP contribution in [0.1, 0.15) is 37.7 Å². The molecule has 0 aliphatic rings. The molecule has 0 aliphatic carbocycles. The fraction of sp³-hybridized carbons (Fsp3) is 0.462. The average molecular weight is 890 g/mol. The second-order valence-corrected chi connectivity index (χ2v) is 16.2. The summed E-state index contributed by atoms with van der Waals surface area (Å²) in [4.78, 5) is 104. The maximum atomic E-state index is 13.0. The van der Waals surface area contributed by atoms with E-state index in [4.69, 9.17) is 14.6 Å². The molecule has 0 saturated carbocycles. The predicted molar refractivity (Wildman–Crippen MR) is 226 cm³/mol. The number of carbonyl (C=O) groups excluding carboxylic acids is 3. The number of fused-ring (bicyclic) bond motifs is 1. The van der Waals surface area contributed by atoms with Crippen LogP contribution in [0, 0.1) is 0 Å². The molecular formula is C39H51N7O13S2. The van der Waals surface area contributed by atoms with E-state index in [0.717, 1.165) is 35.6 Å². The van der Waals surface area contributed by atoms with Gasteiger partial charge in [0.25, 0.3) is 0 Å². The molecule has 1 aromatic carbocycles. The highest BCUT2D eigenvalue weighted by Gasteiger charge is 2.20. The monoisotopic (exact) mass is 889 g/mol. The number of carboxylic acids is 4. The first-order valence-corrected chi connectivity index (χ1v) is 21.6. The molecule has 3 amide bonds. The largest absolute Gasteiger partial charge is 0.480 e. The van der Waals surface area contributed by atoms with E-state index in [2.05, 4.69) is 20.9 Å². The van der Waals surface area contributed by atoms with Crippen molar-refractivity contribution in [3.05, 3.63) is 64.6 Å². The maximum Gasteiger partial charge on any atom is 0.339 e. The molecule has 0 radical (unpaired) electrons. The van der Waals surface area contributed by atoms with Crippen molar-refractivity contribution in [2.75, 3.05) is 83.1 Å². The predicted octanol–water partition coefficient (Wildman–Crippen LogP) is 1.54. The first-order chi connectivity index (χ1) is 29.2. The number of benzene rings is 1. The van der Waals surface area contributed by atoms with Crippen LogP contribution < -0.4 is 21.6 Å². The quantitative estimate of drug-likeness (QED) is 0.0274. The van der Waals surface area contributed by atoms with E-state index in [-0.39, 0.29) is 61.2 Å². The summed E-state index contributed by atoms with van der Waals surface area (Å²) in [7, 11) is 3.12. The molecule has 0 unspecified atom stereocenters. The second kappa shape index (κ2) is 27.3. The number of nitrogens with one attached hydrogen (secondary N) is 3. The SMILES string of the molecule is O=C(O)CN(CCN(CC(=O)O)CC(=O)O)CCN(CC(=O)O)CC(=O)Nc1ccc2cc(CC(=O)NCCCCCCNC(=O)CCSSc3ccccn3)c(=O)oc2c1. The number of rotatable bonds is 31. The molecule has 0 aliphatic heterocycles. The highest BCUT2D eigenvalue weighted by molar-refractivity contribution is 8.76.